The number of aliphatic carboxylic acids is 1. The molecule has 0 saturated carbocycles. The van der Waals surface area contributed by atoms with Gasteiger partial charge in [-0.1, -0.05) is 12.1 Å². The molecule has 112 valence electrons. The first-order valence-electron chi connectivity index (χ1n) is 6.60. The summed E-state index contributed by atoms with van der Waals surface area (Å²) in [6.07, 6.45) is 2.12. The van der Waals surface area contributed by atoms with Crippen LogP contribution in [0, 0.1) is 0 Å². The number of carboxylic acid groups (broad SMARTS) is 1. The van der Waals surface area contributed by atoms with Gasteiger partial charge in [0, 0.05) is 26.3 Å². The number of rotatable bonds is 7. The first-order chi connectivity index (χ1) is 9.28. The molecule has 0 aliphatic heterocycles. The third-order valence-corrected chi connectivity index (χ3v) is 3.27. The van der Waals surface area contributed by atoms with Crippen molar-refractivity contribution in [1.29, 1.82) is 0 Å². The third-order valence-electron chi connectivity index (χ3n) is 3.27. The maximum atomic E-state index is 12.0. The van der Waals surface area contributed by atoms with Crippen LogP contribution in [0.15, 0.2) is 4.52 Å². The lowest BCUT2D eigenvalue weighted by Gasteiger charge is -2.31. The number of aromatic nitrogens is 2. The molecule has 0 saturated heterocycles. The lowest BCUT2D eigenvalue weighted by molar-refractivity contribution is -0.155. The second kappa shape index (κ2) is 6.49. The molecule has 0 atom stereocenters. The molecular formula is C13H21N3O4. The molecule has 1 aromatic heterocycles. The second-order valence-corrected chi connectivity index (χ2v) is 5.17. The molecule has 7 nitrogen and oxygen atoms in total. The second-order valence-electron chi connectivity index (χ2n) is 5.17. The fourth-order valence-corrected chi connectivity index (χ4v) is 1.55. The Morgan fingerprint density at radius 2 is 2.00 bits per heavy atom. The van der Waals surface area contributed by atoms with E-state index >= 15 is 0 Å². The van der Waals surface area contributed by atoms with Crippen molar-refractivity contribution in [2.45, 2.75) is 52.0 Å². The van der Waals surface area contributed by atoms with Crippen molar-refractivity contribution in [1.82, 2.24) is 15.0 Å². The number of carboxylic acids is 1. The molecule has 0 aliphatic rings. The zero-order chi connectivity index (χ0) is 15.3. The number of amides is 1. The molecule has 0 radical (unpaired) electrons. The van der Waals surface area contributed by atoms with Crippen LogP contribution < -0.4 is 0 Å². The van der Waals surface area contributed by atoms with Gasteiger partial charge in [-0.15, -0.1) is 0 Å². The van der Waals surface area contributed by atoms with Crippen molar-refractivity contribution in [2.75, 3.05) is 7.05 Å². The zero-order valence-corrected chi connectivity index (χ0v) is 12.3. The predicted octanol–water partition coefficient (Wildman–Crippen LogP) is 1.28. The van der Waals surface area contributed by atoms with Crippen LogP contribution in [0.3, 0.4) is 0 Å². The summed E-state index contributed by atoms with van der Waals surface area (Å²) in [5, 5.41) is 12.9. The molecule has 1 rings (SSSR count). The highest BCUT2D eigenvalue weighted by Crippen LogP contribution is 2.14. The van der Waals surface area contributed by atoms with Gasteiger partial charge in [-0.2, -0.15) is 4.98 Å². The van der Waals surface area contributed by atoms with E-state index in [0.29, 0.717) is 18.1 Å². The number of aryl methyl sites for hydroxylation is 2. The van der Waals surface area contributed by atoms with Crippen molar-refractivity contribution in [2.24, 2.45) is 0 Å². The van der Waals surface area contributed by atoms with Gasteiger partial charge in [0.15, 0.2) is 5.82 Å². The van der Waals surface area contributed by atoms with E-state index in [0.717, 1.165) is 12.8 Å². The number of carbonyl (C=O) groups excluding carboxylic acids is 1. The molecule has 1 heterocycles. The van der Waals surface area contributed by atoms with Gasteiger partial charge in [0.1, 0.15) is 5.54 Å². The maximum absolute atomic E-state index is 12.0. The molecule has 0 aliphatic carbocycles. The topological polar surface area (TPSA) is 96.5 Å². The summed E-state index contributed by atoms with van der Waals surface area (Å²) >= 11 is 0. The smallest absolute Gasteiger partial charge is 0.329 e. The average Bonchev–Trinajstić information content (AvgIpc) is 2.83. The van der Waals surface area contributed by atoms with E-state index in [1.54, 1.807) is 0 Å². The highest BCUT2D eigenvalue weighted by molar-refractivity contribution is 5.86. The molecule has 0 aromatic carbocycles. The summed E-state index contributed by atoms with van der Waals surface area (Å²) in [7, 11) is 1.48. The maximum Gasteiger partial charge on any atom is 0.329 e. The van der Waals surface area contributed by atoms with Gasteiger partial charge in [-0.25, -0.2) is 4.79 Å². The minimum Gasteiger partial charge on any atom is -0.480 e. The summed E-state index contributed by atoms with van der Waals surface area (Å²) in [6.45, 7) is 4.99. The van der Waals surface area contributed by atoms with Crippen molar-refractivity contribution < 1.29 is 19.2 Å². The number of carbonyl (C=O) groups is 2. The van der Waals surface area contributed by atoms with Crippen LogP contribution in [-0.4, -0.2) is 44.6 Å². The molecular weight excluding hydrogens is 262 g/mol. The van der Waals surface area contributed by atoms with Crippen molar-refractivity contribution >= 4 is 11.9 Å². The molecule has 7 heteroatoms. The van der Waals surface area contributed by atoms with Crippen LogP contribution in [0.2, 0.25) is 0 Å². The Morgan fingerprint density at radius 1 is 1.35 bits per heavy atom. The van der Waals surface area contributed by atoms with E-state index in [1.807, 2.05) is 6.92 Å². The number of hydrogen-bond donors (Lipinski definition) is 1. The van der Waals surface area contributed by atoms with Gasteiger partial charge in [-0.05, 0) is 20.3 Å². The number of hydrogen-bond acceptors (Lipinski definition) is 5. The monoisotopic (exact) mass is 283 g/mol. The average molecular weight is 283 g/mol. The Bertz CT molecular complexity index is 482. The quantitative estimate of drug-likeness (QED) is 0.809. The molecule has 0 fully saturated rings. The van der Waals surface area contributed by atoms with Crippen molar-refractivity contribution in [3.8, 4) is 0 Å². The lowest BCUT2D eigenvalue weighted by Crippen LogP contribution is -2.50. The normalized spacial score (nSPS) is 11.4. The van der Waals surface area contributed by atoms with E-state index in [-0.39, 0.29) is 12.3 Å². The molecule has 20 heavy (non-hydrogen) atoms. The molecule has 1 amide bonds. The Morgan fingerprint density at radius 3 is 2.55 bits per heavy atom. The predicted molar refractivity (Wildman–Crippen MR) is 71.1 cm³/mol. The van der Waals surface area contributed by atoms with E-state index in [4.69, 9.17) is 9.63 Å². The van der Waals surface area contributed by atoms with Crippen LogP contribution in [0.25, 0.3) is 0 Å². The van der Waals surface area contributed by atoms with Crippen LogP contribution in [0.1, 0.15) is 45.3 Å². The van der Waals surface area contributed by atoms with E-state index in [1.165, 1.54) is 25.8 Å². The van der Waals surface area contributed by atoms with Crippen LogP contribution in [0.4, 0.5) is 0 Å². The number of likely N-dealkylation sites (N-methyl/N-ethyl adjacent to an activating group) is 1. The Balaban J connectivity index is 2.56. The van der Waals surface area contributed by atoms with Gasteiger partial charge >= 0.3 is 5.97 Å². The van der Waals surface area contributed by atoms with Gasteiger partial charge in [0.2, 0.25) is 11.8 Å². The molecule has 1 N–H and O–H groups in total. The standard InChI is InChI=1S/C13H21N3O4/c1-5-6-9-14-10(20-15-9)7-8-11(17)16(4)13(2,3)12(18)19/h5-8H2,1-4H3,(H,18,19). The summed E-state index contributed by atoms with van der Waals surface area (Å²) in [5.74, 6) is -0.276. The lowest BCUT2D eigenvalue weighted by atomic mass is 10.0. The molecule has 0 spiro atoms. The van der Waals surface area contributed by atoms with Crippen LogP contribution in [0.5, 0.6) is 0 Å². The summed E-state index contributed by atoms with van der Waals surface area (Å²) in [6, 6.07) is 0. The fraction of sp³-hybridized carbons (Fsp3) is 0.692. The van der Waals surface area contributed by atoms with Gasteiger partial charge in [-0.3, -0.25) is 4.79 Å². The van der Waals surface area contributed by atoms with Crippen molar-refractivity contribution in [3.63, 3.8) is 0 Å². The minimum atomic E-state index is -1.24. The molecule has 0 unspecified atom stereocenters. The zero-order valence-electron chi connectivity index (χ0n) is 12.3. The summed E-state index contributed by atoms with van der Waals surface area (Å²) < 4.78 is 5.03. The minimum absolute atomic E-state index is 0.140. The van der Waals surface area contributed by atoms with Crippen LogP contribution in [-0.2, 0) is 22.4 Å². The Labute approximate surface area is 118 Å². The fourth-order valence-electron chi connectivity index (χ4n) is 1.55. The van der Waals surface area contributed by atoms with Gasteiger partial charge in [0.25, 0.3) is 0 Å². The molecule has 0 bridgehead atoms. The summed E-state index contributed by atoms with van der Waals surface area (Å²) in [5.41, 5.74) is -1.24. The summed E-state index contributed by atoms with van der Waals surface area (Å²) in [4.78, 5) is 28.4. The molecule has 1 aromatic rings. The van der Waals surface area contributed by atoms with E-state index < -0.39 is 11.5 Å². The first kappa shape index (κ1) is 16.1. The number of nitrogens with zero attached hydrogens (tertiary/aromatic N) is 3. The Hall–Kier alpha value is -1.92. The van der Waals surface area contributed by atoms with E-state index in [2.05, 4.69) is 10.1 Å². The highest BCUT2D eigenvalue weighted by Gasteiger charge is 2.34. The van der Waals surface area contributed by atoms with E-state index in [9.17, 15) is 9.59 Å². The largest absolute Gasteiger partial charge is 0.480 e. The van der Waals surface area contributed by atoms with Crippen molar-refractivity contribution in [3.05, 3.63) is 11.7 Å². The van der Waals surface area contributed by atoms with Gasteiger partial charge in [0.05, 0.1) is 0 Å². The SMILES string of the molecule is CCCc1noc(CCC(=O)N(C)C(C)(C)C(=O)O)n1. The first-order valence-corrected chi connectivity index (χ1v) is 6.60. The third kappa shape index (κ3) is 3.79. The van der Waals surface area contributed by atoms with Gasteiger partial charge < -0.3 is 14.5 Å². The van der Waals surface area contributed by atoms with Crippen LogP contribution >= 0.6 is 0 Å². The Kier molecular flexibility index (Phi) is 5.24. The highest BCUT2D eigenvalue weighted by atomic mass is 16.5.